The number of unbranched alkanes of at least 4 members (excludes halogenated alkanes) is 20. The van der Waals surface area contributed by atoms with Gasteiger partial charge in [-0.2, -0.15) is 0 Å². The Morgan fingerprint density at radius 2 is 0.949 bits per heavy atom. The zero-order valence-electron chi connectivity index (χ0n) is 26.1. The fraction of sp³-hybridized carbons (Fsp3) is 0.886. The Kier molecular flexibility index (Phi) is 19.6. The van der Waals surface area contributed by atoms with Gasteiger partial charge in [-0.25, -0.2) is 0 Å². The Bertz CT molecular complexity index is 672. The minimum atomic E-state index is -1.22. The molecule has 228 valence electrons. The average molecular weight is 549 g/mol. The second-order valence-electron chi connectivity index (χ2n) is 12.7. The molecule has 0 fully saturated rings. The van der Waals surface area contributed by atoms with Crippen LogP contribution in [0.4, 0.5) is 0 Å². The largest absolute Gasteiger partial charge is 0.481 e. The zero-order valence-corrected chi connectivity index (χ0v) is 26.1. The molecule has 0 heterocycles. The molecule has 1 rings (SSSR count). The maximum absolute atomic E-state index is 12.9. The minimum Gasteiger partial charge on any atom is -0.481 e. The number of carboxylic acids is 2. The molecule has 3 atom stereocenters. The van der Waals surface area contributed by atoms with Crippen LogP contribution in [0.25, 0.3) is 0 Å². The highest BCUT2D eigenvalue weighted by Crippen LogP contribution is 2.57. The predicted octanol–water partition coefficient (Wildman–Crippen LogP) is 11.1. The van der Waals surface area contributed by atoms with Gasteiger partial charge in [-0.15, -0.1) is 0 Å². The highest BCUT2D eigenvalue weighted by molar-refractivity contribution is 5.88. The Hall–Kier alpha value is -1.32. The van der Waals surface area contributed by atoms with E-state index in [1.165, 1.54) is 103 Å². The van der Waals surface area contributed by atoms with E-state index in [1.54, 1.807) is 0 Å². The summed E-state index contributed by atoms with van der Waals surface area (Å²) < 4.78 is 0. The molecule has 0 aliphatic heterocycles. The highest BCUT2D eigenvalue weighted by Gasteiger charge is 2.63. The lowest BCUT2D eigenvalue weighted by atomic mass is 9.50. The molecule has 0 saturated carbocycles. The van der Waals surface area contributed by atoms with Crippen molar-refractivity contribution in [2.24, 2.45) is 16.7 Å². The van der Waals surface area contributed by atoms with E-state index in [4.69, 9.17) is 0 Å². The molecular weight excluding hydrogens is 484 g/mol. The van der Waals surface area contributed by atoms with Gasteiger partial charge in [0.05, 0.1) is 10.8 Å². The van der Waals surface area contributed by atoms with Gasteiger partial charge in [0.1, 0.15) is 0 Å². The maximum Gasteiger partial charge on any atom is 0.311 e. The van der Waals surface area contributed by atoms with E-state index in [1.807, 2.05) is 19.1 Å². The monoisotopic (exact) mass is 548 g/mol. The van der Waals surface area contributed by atoms with Crippen molar-refractivity contribution in [2.45, 2.75) is 181 Å². The molecule has 0 saturated heterocycles. The lowest BCUT2D eigenvalue weighted by molar-refractivity contribution is -0.182. The zero-order chi connectivity index (χ0) is 28.8. The number of allylic oxidation sites excluding steroid dienone is 2. The Labute approximate surface area is 241 Å². The van der Waals surface area contributed by atoms with Crippen molar-refractivity contribution in [3.63, 3.8) is 0 Å². The maximum atomic E-state index is 12.9. The Balaban J connectivity index is 2.56. The molecular formula is C35H64O4. The van der Waals surface area contributed by atoms with Gasteiger partial charge in [-0.05, 0) is 25.2 Å². The van der Waals surface area contributed by atoms with Crippen molar-refractivity contribution in [1.29, 1.82) is 0 Å². The summed E-state index contributed by atoms with van der Waals surface area (Å²) in [7, 11) is 0. The summed E-state index contributed by atoms with van der Waals surface area (Å²) in [6.45, 7) is 6.43. The fourth-order valence-electron chi connectivity index (χ4n) is 7.10. The Morgan fingerprint density at radius 3 is 1.31 bits per heavy atom. The molecule has 0 aromatic carbocycles. The summed E-state index contributed by atoms with van der Waals surface area (Å²) in [6.07, 6.45) is 31.8. The second kappa shape index (κ2) is 21.4. The standard InChI is InChI=1S/C35H64O4/c1-4-6-8-10-12-14-16-18-20-22-24-28-34(32(36)37)29-26-27-31(3)35(34,33(38)39)30-25-23-21-19-17-15-13-11-9-7-5-2/h26-27,31H,4-25,28-30H2,1-3H3,(H,36,37)(H,38,39). The summed E-state index contributed by atoms with van der Waals surface area (Å²) in [5.74, 6) is -2.08. The first-order valence-electron chi connectivity index (χ1n) is 17.0. The lowest BCUT2D eigenvalue weighted by Gasteiger charge is -2.50. The van der Waals surface area contributed by atoms with Gasteiger partial charge in [-0.1, -0.05) is 174 Å². The molecule has 4 heteroatoms. The van der Waals surface area contributed by atoms with E-state index in [-0.39, 0.29) is 5.92 Å². The summed E-state index contributed by atoms with van der Waals surface area (Å²) in [6, 6.07) is 0. The van der Waals surface area contributed by atoms with E-state index in [0.717, 1.165) is 38.5 Å². The van der Waals surface area contributed by atoms with Gasteiger partial charge >= 0.3 is 11.9 Å². The number of hydrogen-bond donors (Lipinski definition) is 2. The Morgan fingerprint density at radius 1 is 0.590 bits per heavy atom. The van der Waals surface area contributed by atoms with Crippen LogP contribution in [0, 0.1) is 16.7 Å². The summed E-state index contributed by atoms with van der Waals surface area (Å²) in [4.78, 5) is 25.8. The predicted molar refractivity (Wildman–Crippen MR) is 165 cm³/mol. The number of rotatable bonds is 26. The van der Waals surface area contributed by atoms with Crippen LogP contribution in [0.1, 0.15) is 181 Å². The van der Waals surface area contributed by atoms with Crippen LogP contribution in [0.2, 0.25) is 0 Å². The fourth-order valence-corrected chi connectivity index (χ4v) is 7.10. The smallest absolute Gasteiger partial charge is 0.311 e. The molecule has 4 nitrogen and oxygen atoms in total. The molecule has 1 aliphatic carbocycles. The van der Waals surface area contributed by atoms with Crippen molar-refractivity contribution in [3.05, 3.63) is 12.2 Å². The summed E-state index contributed by atoms with van der Waals surface area (Å²) >= 11 is 0. The van der Waals surface area contributed by atoms with Gasteiger partial charge in [0.25, 0.3) is 0 Å². The number of carbonyl (C=O) groups is 2. The summed E-state index contributed by atoms with van der Waals surface area (Å²) in [5.41, 5.74) is -2.42. The molecule has 0 spiro atoms. The highest BCUT2D eigenvalue weighted by atomic mass is 16.4. The molecule has 1 aliphatic rings. The number of aliphatic carboxylic acids is 2. The minimum absolute atomic E-state index is 0.268. The van der Waals surface area contributed by atoms with E-state index >= 15 is 0 Å². The van der Waals surface area contributed by atoms with Crippen LogP contribution in [0.15, 0.2) is 12.2 Å². The first-order valence-corrected chi connectivity index (χ1v) is 17.0. The van der Waals surface area contributed by atoms with Crippen molar-refractivity contribution in [1.82, 2.24) is 0 Å². The molecule has 0 aromatic heterocycles. The van der Waals surface area contributed by atoms with Crippen LogP contribution in [0.3, 0.4) is 0 Å². The lowest BCUT2D eigenvalue weighted by Crippen LogP contribution is -2.57. The molecule has 0 aromatic rings. The normalized spacial score (nSPS) is 22.8. The van der Waals surface area contributed by atoms with Crippen LogP contribution >= 0.6 is 0 Å². The van der Waals surface area contributed by atoms with Crippen molar-refractivity contribution in [2.75, 3.05) is 0 Å². The van der Waals surface area contributed by atoms with Gasteiger partial charge in [-0.3, -0.25) is 9.59 Å². The third-order valence-corrected chi connectivity index (χ3v) is 9.70. The first-order chi connectivity index (χ1) is 18.9. The van der Waals surface area contributed by atoms with Gasteiger partial charge in [0.2, 0.25) is 0 Å². The van der Waals surface area contributed by atoms with Crippen LogP contribution in [-0.2, 0) is 9.59 Å². The topological polar surface area (TPSA) is 74.6 Å². The second-order valence-corrected chi connectivity index (χ2v) is 12.7. The molecule has 0 radical (unpaired) electrons. The van der Waals surface area contributed by atoms with Gasteiger partial charge in [0.15, 0.2) is 0 Å². The van der Waals surface area contributed by atoms with Crippen LogP contribution < -0.4 is 0 Å². The SMILES string of the molecule is CCCCCCCCCCCCCC1(C(=O)O)CC=CC(C)C1(CCCCCCCCCCCCC)C(=O)O. The van der Waals surface area contributed by atoms with Crippen molar-refractivity contribution in [3.8, 4) is 0 Å². The quantitative estimate of drug-likeness (QED) is 0.0832. The molecule has 0 bridgehead atoms. The van der Waals surface area contributed by atoms with E-state index in [2.05, 4.69) is 13.8 Å². The number of carboxylic acid groups (broad SMARTS) is 2. The third kappa shape index (κ3) is 12.0. The van der Waals surface area contributed by atoms with E-state index in [9.17, 15) is 19.8 Å². The van der Waals surface area contributed by atoms with E-state index < -0.39 is 22.8 Å². The van der Waals surface area contributed by atoms with Crippen molar-refractivity contribution < 1.29 is 19.8 Å². The number of hydrogen-bond acceptors (Lipinski definition) is 2. The molecule has 3 unspecified atom stereocenters. The third-order valence-electron chi connectivity index (χ3n) is 9.70. The van der Waals surface area contributed by atoms with Crippen LogP contribution in [-0.4, -0.2) is 22.2 Å². The van der Waals surface area contributed by atoms with Gasteiger partial charge < -0.3 is 10.2 Å². The average Bonchev–Trinajstić information content (AvgIpc) is 2.91. The molecule has 0 amide bonds. The van der Waals surface area contributed by atoms with Gasteiger partial charge in [0, 0.05) is 0 Å². The van der Waals surface area contributed by atoms with Crippen molar-refractivity contribution >= 4 is 11.9 Å². The first kappa shape index (κ1) is 35.7. The molecule has 2 N–H and O–H groups in total. The molecule has 39 heavy (non-hydrogen) atoms. The van der Waals surface area contributed by atoms with Crippen LogP contribution in [0.5, 0.6) is 0 Å². The summed E-state index contributed by atoms with van der Waals surface area (Å²) in [5, 5.41) is 21.1. The van der Waals surface area contributed by atoms with E-state index in [0.29, 0.717) is 19.3 Å².